The van der Waals surface area contributed by atoms with Crippen LogP contribution in [0.5, 0.6) is 0 Å². The number of amides is 1. The second-order valence-electron chi connectivity index (χ2n) is 8.12. The molecule has 3 aromatic rings. The first kappa shape index (κ1) is 18.1. The van der Waals surface area contributed by atoms with Crippen LogP contribution in [0.2, 0.25) is 0 Å². The molecule has 2 N–H and O–H groups in total. The molecule has 29 heavy (non-hydrogen) atoms. The Morgan fingerprint density at radius 3 is 2.79 bits per heavy atom. The molecule has 7 heteroatoms. The van der Waals surface area contributed by atoms with E-state index in [1.54, 1.807) is 23.1 Å². The maximum atomic E-state index is 13.3. The molecule has 0 spiro atoms. The van der Waals surface area contributed by atoms with Crippen molar-refractivity contribution in [2.75, 3.05) is 13.1 Å². The lowest BCUT2D eigenvalue weighted by atomic mass is 9.82. The van der Waals surface area contributed by atoms with Crippen molar-refractivity contribution >= 4 is 5.91 Å². The van der Waals surface area contributed by atoms with E-state index in [1.807, 2.05) is 19.1 Å². The SMILES string of the molecule is Cc1ccc(-c2cc(C(=O)N3C[C@H]4CC[C@](O)(c5ccc(F)cc5)[C@H]4C3)n[nH]2)o1. The number of hydrogen-bond donors (Lipinski definition) is 2. The Balaban J connectivity index is 1.35. The number of aryl methyl sites for hydroxylation is 1. The molecule has 1 aliphatic carbocycles. The molecular weight excluding hydrogens is 373 g/mol. The normalized spacial score (nSPS) is 26.1. The van der Waals surface area contributed by atoms with E-state index in [4.69, 9.17) is 4.42 Å². The zero-order valence-corrected chi connectivity index (χ0v) is 16.1. The van der Waals surface area contributed by atoms with Crippen LogP contribution >= 0.6 is 0 Å². The number of carbonyl (C=O) groups is 1. The molecular formula is C22H22FN3O3. The third-order valence-electron chi connectivity index (χ3n) is 6.38. The second-order valence-corrected chi connectivity index (χ2v) is 8.12. The largest absolute Gasteiger partial charge is 0.460 e. The number of likely N-dealkylation sites (tertiary alicyclic amines) is 1. The number of hydrogen-bond acceptors (Lipinski definition) is 4. The summed E-state index contributed by atoms with van der Waals surface area (Å²) in [5.74, 6) is 1.10. The van der Waals surface area contributed by atoms with Crippen molar-refractivity contribution in [3.63, 3.8) is 0 Å². The molecule has 2 aliphatic rings. The van der Waals surface area contributed by atoms with Crippen molar-refractivity contribution in [2.24, 2.45) is 11.8 Å². The van der Waals surface area contributed by atoms with Gasteiger partial charge in [-0.25, -0.2) is 4.39 Å². The number of carbonyl (C=O) groups excluding carboxylic acids is 1. The van der Waals surface area contributed by atoms with Crippen LogP contribution in [0.25, 0.3) is 11.5 Å². The second kappa shape index (κ2) is 6.56. The number of H-pyrrole nitrogens is 1. The molecule has 3 atom stereocenters. The lowest BCUT2D eigenvalue weighted by molar-refractivity contribution is -0.00596. The van der Waals surface area contributed by atoms with Crippen LogP contribution in [0.1, 0.15) is 34.7 Å². The molecule has 0 radical (unpaired) electrons. The van der Waals surface area contributed by atoms with Crippen molar-refractivity contribution < 1.29 is 18.7 Å². The van der Waals surface area contributed by atoms with Gasteiger partial charge in [0.25, 0.3) is 5.91 Å². The lowest BCUT2D eigenvalue weighted by Crippen LogP contribution is -2.36. The van der Waals surface area contributed by atoms with Crippen LogP contribution in [0.4, 0.5) is 4.39 Å². The number of fused-ring (bicyclic) bond motifs is 1. The van der Waals surface area contributed by atoms with Crippen molar-refractivity contribution in [2.45, 2.75) is 25.4 Å². The standard InChI is InChI=1S/C22H22FN3O3/c1-13-2-7-20(29-13)18-10-19(25-24-18)21(27)26-11-14-8-9-22(28,17(14)12-26)15-3-5-16(23)6-4-15/h2-7,10,14,17,28H,8-9,11-12H2,1H3,(H,24,25)/t14-,17+,22+/m1/s1. The number of benzene rings is 1. The Bertz CT molecular complexity index is 1060. The Kier molecular flexibility index (Phi) is 4.10. The van der Waals surface area contributed by atoms with Gasteiger partial charge in [-0.05, 0) is 55.5 Å². The van der Waals surface area contributed by atoms with E-state index in [0.29, 0.717) is 36.7 Å². The van der Waals surface area contributed by atoms with Crippen molar-refractivity contribution in [1.82, 2.24) is 15.1 Å². The molecule has 5 rings (SSSR count). The van der Waals surface area contributed by atoms with Crippen LogP contribution in [-0.4, -0.2) is 39.2 Å². The van der Waals surface area contributed by atoms with E-state index in [2.05, 4.69) is 10.2 Å². The predicted molar refractivity (Wildman–Crippen MR) is 103 cm³/mol. The smallest absolute Gasteiger partial charge is 0.274 e. The molecule has 150 valence electrons. The first-order chi connectivity index (χ1) is 13.9. The molecule has 1 saturated carbocycles. The fraction of sp³-hybridized carbons (Fsp3) is 0.364. The van der Waals surface area contributed by atoms with E-state index >= 15 is 0 Å². The Morgan fingerprint density at radius 2 is 2.07 bits per heavy atom. The van der Waals surface area contributed by atoms with E-state index in [1.165, 1.54) is 12.1 Å². The van der Waals surface area contributed by atoms with Gasteiger partial charge in [0.05, 0.1) is 5.60 Å². The van der Waals surface area contributed by atoms with Crippen LogP contribution in [0, 0.1) is 24.6 Å². The highest BCUT2D eigenvalue weighted by molar-refractivity contribution is 5.93. The van der Waals surface area contributed by atoms with Gasteiger partial charge < -0.3 is 14.4 Å². The minimum absolute atomic E-state index is 0.0666. The van der Waals surface area contributed by atoms with Gasteiger partial charge in [-0.3, -0.25) is 9.89 Å². The number of nitrogens with zero attached hydrogens (tertiary/aromatic N) is 2. The van der Waals surface area contributed by atoms with Crippen LogP contribution < -0.4 is 0 Å². The van der Waals surface area contributed by atoms with E-state index in [0.717, 1.165) is 17.7 Å². The molecule has 3 heterocycles. The van der Waals surface area contributed by atoms with Gasteiger partial charge in [-0.1, -0.05) is 12.1 Å². The summed E-state index contributed by atoms with van der Waals surface area (Å²) in [6, 6.07) is 11.4. The minimum atomic E-state index is -1.03. The average Bonchev–Trinajstić information content (AvgIpc) is 3.47. The zero-order chi connectivity index (χ0) is 20.2. The number of halogens is 1. The highest BCUT2D eigenvalue weighted by Crippen LogP contribution is 2.50. The van der Waals surface area contributed by atoms with Gasteiger partial charge in [0.15, 0.2) is 11.5 Å². The maximum Gasteiger partial charge on any atom is 0.274 e. The molecule has 6 nitrogen and oxygen atoms in total. The summed E-state index contributed by atoms with van der Waals surface area (Å²) in [7, 11) is 0. The number of aliphatic hydroxyl groups is 1. The fourth-order valence-corrected chi connectivity index (χ4v) is 4.86. The molecule has 0 unspecified atom stereocenters. The summed E-state index contributed by atoms with van der Waals surface area (Å²) in [5.41, 5.74) is 0.675. The number of aromatic nitrogens is 2. The van der Waals surface area contributed by atoms with Crippen molar-refractivity contribution in [1.29, 1.82) is 0 Å². The summed E-state index contributed by atoms with van der Waals surface area (Å²) >= 11 is 0. The molecule has 2 fully saturated rings. The highest BCUT2D eigenvalue weighted by Gasteiger charge is 2.53. The fourth-order valence-electron chi connectivity index (χ4n) is 4.86. The van der Waals surface area contributed by atoms with Gasteiger partial charge in [0.1, 0.15) is 17.3 Å². The van der Waals surface area contributed by atoms with E-state index < -0.39 is 5.60 Å². The molecule has 1 amide bonds. The van der Waals surface area contributed by atoms with Gasteiger partial charge in [0.2, 0.25) is 0 Å². The summed E-state index contributed by atoms with van der Waals surface area (Å²) in [6.07, 6.45) is 1.46. The number of nitrogens with one attached hydrogen (secondary N) is 1. The summed E-state index contributed by atoms with van der Waals surface area (Å²) in [4.78, 5) is 14.8. The van der Waals surface area contributed by atoms with Crippen LogP contribution in [0.15, 0.2) is 46.9 Å². The Hall–Kier alpha value is -2.93. The highest BCUT2D eigenvalue weighted by atomic mass is 19.1. The molecule has 1 aliphatic heterocycles. The van der Waals surface area contributed by atoms with Crippen molar-refractivity contribution in [3.8, 4) is 11.5 Å². The van der Waals surface area contributed by atoms with Gasteiger partial charge in [-0.2, -0.15) is 5.10 Å². The van der Waals surface area contributed by atoms with Gasteiger partial charge in [-0.15, -0.1) is 0 Å². The van der Waals surface area contributed by atoms with E-state index in [-0.39, 0.29) is 23.6 Å². The summed E-state index contributed by atoms with van der Waals surface area (Å²) in [5, 5.41) is 18.4. The number of aromatic amines is 1. The monoisotopic (exact) mass is 395 g/mol. The number of rotatable bonds is 3. The Labute approximate surface area is 167 Å². The third-order valence-corrected chi connectivity index (χ3v) is 6.38. The summed E-state index contributed by atoms with van der Waals surface area (Å²) < 4.78 is 18.9. The maximum absolute atomic E-state index is 13.3. The van der Waals surface area contributed by atoms with Crippen molar-refractivity contribution in [3.05, 3.63) is 65.3 Å². The zero-order valence-electron chi connectivity index (χ0n) is 16.1. The molecule has 1 saturated heterocycles. The minimum Gasteiger partial charge on any atom is -0.460 e. The first-order valence-corrected chi connectivity index (χ1v) is 9.84. The van der Waals surface area contributed by atoms with Gasteiger partial charge in [0, 0.05) is 25.1 Å². The summed E-state index contributed by atoms with van der Waals surface area (Å²) in [6.45, 7) is 2.91. The average molecular weight is 395 g/mol. The third kappa shape index (κ3) is 2.97. The van der Waals surface area contributed by atoms with Crippen LogP contribution in [-0.2, 0) is 5.60 Å². The molecule has 0 bridgehead atoms. The quantitative estimate of drug-likeness (QED) is 0.711. The predicted octanol–water partition coefficient (Wildman–Crippen LogP) is 3.49. The molecule has 2 aromatic heterocycles. The number of furan rings is 1. The Morgan fingerprint density at radius 1 is 1.28 bits per heavy atom. The first-order valence-electron chi connectivity index (χ1n) is 9.84. The van der Waals surface area contributed by atoms with Crippen LogP contribution in [0.3, 0.4) is 0 Å². The van der Waals surface area contributed by atoms with Gasteiger partial charge >= 0.3 is 0 Å². The topological polar surface area (TPSA) is 82.4 Å². The molecule has 1 aromatic carbocycles. The lowest BCUT2D eigenvalue weighted by Gasteiger charge is -2.30. The van der Waals surface area contributed by atoms with E-state index in [9.17, 15) is 14.3 Å².